The molecule has 0 atom stereocenters. The van der Waals surface area contributed by atoms with Crippen molar-refractivity contribution in [3.63, 3.8) is 0 Å². The van der Waals surface area contributed by atoms with E-state index in [1.807, 2.05) is 54.6 Å². The molecular weight excluding hydrogens is 701 g/mol. The molecule has 2 aliphatic heterocycles. The number of benzene rings is 9. The molecule has 0 saturated heterocycles. The number of hydrogen-bond donors (Lipinski definition) is 1. The zero-order valence-corrected chi connectivity index (χ0v) is 30.9. The number of carboxylic acid groups (broad SMARTS) is 1. The summed E-state index contributed by atoms with van der Waals surface area (Å²) >= 11 is 0. The largest absolute Gasteiger partial charge is 0.480 e. The molecule has 0 fully saturated rings. The number of anilines is 1. The van der Waals surface area contributed by atoms with Crippen LogP contribution in [0.25, 0.3) is 75.4 Å². The maximum absolute atomic E-state index is 14.7. The van der Waals surface area contributed by atoms with E-state index in [2.05, 4.69) is 52.0 Å². The Bertz CT molecular complexity index is 3160. The van der Waals surface area contributed by atoms with Gasteiger partial charge in [0.15, 0.2) is 0 Å². The van der Waals surface area contributed by atoms with Gasteiger partial charge in [-0.05, 0) is 112 Å². The number of carbonyl (C=O) groups excluding carboxylic acids is 4. The van der Waals surface area contributed by atoms with Gasteiger partial charge in [-0.25, -0.2) is 4.90 Å². The SMILES string of the molecule is CC(C)c1cccc(C(C)C)c1N1C(=O)c2ccc3c4ccc5c6ccc7c8c(ccc(c9ccc(c%10ccc(c2c3%10)C1=O)c4c59)c86)C(=O)N(CC(=O)O)C7=O. The Morgan fingerprint density at radius 3 is 1.09 bits per heavy atom. The minimum Gasteiger partial charge on any atom is -0.480 e. The zero-order valence-electron chi connectivity index (χ0n) is 30.9. The van der Waals surface area contributed by atoms with Gasteiger partial charge in [-0.3, -0.25) is 28.9 Å². The Morgan fingerprint density at radius 1 is 0.464 bits per heavy atom. The van der Waals surface area contributed by atoms with Crippen molar-refractivity contribution in [2.75, 3.05) is 11.4 Å². The quantitative estimate of drug-likeness (QED) is 0.107. The van der Waals surface area contributed by atoms with Crippen LogP contribution in [0.4, 0.5) is 5.69 Å². The monoisotopic (exact) mass is 732 g/mol. The minimum absolute atomic E-state index is 0.0960. The van der Waals surface area contributed by atoms with Crippen LogP contribution in [0.3, 0.4) is 0 Å². The number of imide groups is 2. The summed E-state index contributed by atoms with van der Waals surface area (Å²) in [4.78, 5) is 70.2. The van der Waals surface area contributed by atoms with Gasteiger partial charge in [-0.1, -0.05) is 94.4 Å². The fourth-order valence-electron chi connectivity index (χ4n) is 9.96. The molecule has 0 radical (unpaired) electrons. The minimum atomic E-state index is -1.26. The predicted molar refractivity (Wildman–Crippen MR) is 220 cm³/mol. The Labute approximate surface area is 319 Å². The van der Waals surface area contributed by atoms with Gasteiger partial charge in [0, 0.05) is 33.0 Å². The fourth-order valence-corrected chi connectivity index (χ4v) is 9.96. The molecule has 2 heterocycles. The molecule has 8 heteroatoms. The fraction of sp³-hybridized carbons (Fsp3) is 0.146. The van der Waals surface area contributed by atoms with Crippen LogP contribution < -0.4 is 4.90 Å². The van der Waals surface area contributed by atoms with Crippen LogP contribution in [0.15, 0.2) is 91.0 Å². The van der Waals surface area contributed by atoms with Gasteiger partial charge in [0.2, 0.25) is 0 Å². The molecule has 270 valence electrons. The first-order valence-corrected chi connectivity index (χ1v) is 18.9. The third kappa shape index (κ3) is 3.85. The summed E-state index contributed by atoms with van der Waals surface area (Å²) in [5.74, 6) is -2.95. The normalized spacial score (nSPS) is 14.7. The molecule has 0 unspecified atom stereocenters. The van der Waals surface area contributed by atoms with E-state index in [9.17, 15) is 29.1 Å². The molecule has 0 spiro atoms. The highest BCUT2D eigenvalue weighted by molar-refractivity contribution is 6.46. The molecule has 0 saturated carbocycles. The number of nitrogens with zero attached hydrogens (tertiary/aromatic N) is 2. The van der Waals surface area contributed by atoms with Crippen molar-refractivity contribution >= 4 is 111 Å². The van der Waals surface area contributed by atoms with E-state index in [1.54, 1.807) is 12.1 Å². The third-order valence-electron chi connectivity index (χ3n) is 12.3. The third-order valence-corrected chi connectivity index (χ3v) is 12.3. The van der Waals surface area contributed by atoms with Crippen LogP contribution in [-0.2, 0) is 4.79 Å². The molecule has 8 nitrogen and oxygen atoms in total. The molecule has 11 rings (SSSR count). The van der Waals surface area contributed by atoms with E-state index in [0.29, 0.717) is 38.7 Å². The predicted octanol–water partition coefficient (Wildman–Crippen LogP) is 10.4. The molecule has 9 aromatic rings. The van der Waals surface area contributed by atoms with E-state index in [4.69, 9.17) is 0 Å². The van der Waals surface area contributed by atoms with Gasteiger partial charge in [0.1, 0.15) is 6.54 Å². The lowest BCUT2D eigenvalue weighted by Crippen LogP contribution is -2.43. The van der Waals surface area contributed by atoms with E-state index in [-0.39, 0.29) is 23.7 Å². The van der Waals surface area contributed by atoms with E-state index >= 15 is 0 Å². The van der Waals surface area contributed by atoms with Crippen molar-refractivity contribution in [2.45, 2.75) is 39.5 Å². The van der Waals surface area contributed by atoms with Crippen LogP contribution in [0, 0.1) is 0 Å². The Hall–Kier alpha value is -6.93. The standard InChI is InChI=1S/C48H32N2O6/c1-21(2)23-6-5-7-24(22(3)4)44(23)50-47(55)35-18-14-31-27-10-8-25-29-12-16-33-42-34(46(54)49(45(33)53)20-37(51)52)17-13-30(40(29)42)26-9-11-28(39(27)38(25)26)32-15-19-36(48(50)56)43(35)41(31)32/h5-19,21-22H,20H2,1-4H3,(H,51,52). The second kappa shape index (κ2) is 10.9. The van der Waals surface area contributed by atoms with Crippen LogP contribution in [-0.4, -0.2) is 46.1 Å². The van der Waals surface area contributed by atoms with Crippen molar-refractivity contribution < 1.29 is 29.1 Å². The molecule has 0 bridgehead atoms. The molecule has 9 aromatic carbocycles. The van der Waals surface area contributed by atoms with Crippen LogP contribution in [0.1, 0.15) is 92.1 Å². The average Bonchev–Trinajstić information content (AvgIpc) is 3.19. The number of carbonyl (C=O) groups is 5. The zero-order chi connectivity index (χ0) is 38.6. The highest BCUT2D eigenvalue weighted by Crippen LogP contribution is 2.50. The van der Waals surface area contributed by atoms with Crippen LogP contribution in [0.5, 0.6) is 0 Å². The number of para-hydroxylation sites is 1. The highest BCUT2D eigenvalue weighted by Gasteiger charge is 2.39. The number of fused-ring (bicyclic) bond motifs is 4. The number of aliphatic carboxylic acids is 1. The lowest BCUT2D eigenvalue weighted by Gasteiger charge is -2.32. The van der Waals surface area contributed by atoms with Crippen LogP contribution in [0.2, 0.25) is 0 Å². The van der Waals surface area contributed by atoms with Crippen molar-refractivity contribution in [2.24, 2.45) is 0 Å². The van der Waals surface area contributed by atoms with E-state index in [0.717, 1.165) is 80.7 Å². The lowest BCUT2D eigenvalue weighted by atomic mass is 9.80. The van der Waals surface area contributed by atoms with Gasteiger partial charge in [-0.15, -0.1) is 0 Å². The van der Waals surface area contributed by atoms with Gasteiger partial charge >= 0.3 is 5.97 Å². The van der Waals surface area contributed by atoms with Gasteiger partial charge in [0.25, 0.3) is 23.6 Å². The van der Waals surface area contributed by atoms with Crippen molar-refractivity contribution in [3.05, 3.63) is 124 Å². The summed E-state index contributed by atoms with van der Waals surface area (Å²) in [5, 5.41) is 22.0. The first-order valence-electron chi connectivity index (χ1n) is 18.9. The Balaban J connectivity index is 1.18. The first-order chi connectivity index (χ1) is 27.0. The summed E-state index contributed by atoms with van der Waals surface area (Å²) < 4.78 is 0. The molecule has 0 aromatic heterocycles. The van der Waals surface area contributed by atoms with E-state index < -0.39 is 24.3 Å². The lowest BCUT2D eigenvalue weighted by molar-refractivity contribution is -0.137. The second-order valence-corrected chi connectivity index (χ2v) is 15.8. The summed E-state index contributed by atoms with van der Waals surface area (Å²) in [6.45, 7) is 7.62. The summed E-state index contributed by atoms with van der Waals surface area (Å²) in [7, 11) is 0. The van der Waals surface area contributed by atoms with Crippen molar-refractivity contribution in [1.29, 1.82) is 0 Å². The molecule has 1 N–H and O–H groups in total. The van der Waals surface area contributed by atoms with Gasteiger partial charge < -0.3 is 5.11 Å². The molecule has 56 heavy (non-hydrogen) atoms. The number of rotatable bonds is 5. The van der Waals surface area contributed by atoms with Crippen molar-refractivity contribution in [3.8, 4) is 0 Å². The van der Waals surface area contributed by atoms with Gasteiger partial charge in [0.05, 0.1) is 5.69 Å². The summed E-state index contributed by atoms with van der Waals surface area (Å²) in [6.07, 6.45) is 0. The molecular formula is C48H32N2O6. The average molecular weight is 733 g/mol. The molecule has 0 aliphatic carbocycles. The maximum atomic E-state index is 14.7. The number of carboxylic acids is 1. The molecule has 4 amide bonds. The Kier molecular flexibility index (Phi) is 6.30. The second-order valence-electron chi connectivity index (χ2n) is 15.8. The Morgan fingerprint density at radius 2 is 0.768 bits per heavy atom. The van der Waals surface area contributed by atoms with Crippen LogP contribution >= 0.6 is 0 Å². The summed E-state index contributed by atoms with van der Waals surface area (Å²) in [5.41, 5.74) is 4.22. The molecule has 2 aliphatic rings. The van der Waals surface area contributed by atoms with Crippen molar-refractivity contribution in [1.82, 2.24) is 4.90 Å². The number of amides is 4. The van der Waals surface area contributed by atoms with E-state index in [1.165, 1.54) is 4.90 Å². The number of hydrogen-bond acceptors (Lipinski definition) is 5. The van der Waals surface area contributed by atoms with Gasteiger partial charge in [-0.2, -0.15) is 0 Å². The topological polar surface area (TPSA) is 112 Å². The maximum Gasteiger partial charge on any atom is 0.323 e. The smallest absolute Gasteiger partial charge is 0.323 e. The first kappa shape index (κ1) is 32.5. The highest BCUT2D eigenvalue weighted by atomic mass is 16.4. The summed E-state index contributed by atoms with van der Waals surface area (Å²) in [6, 6.07) is 29.4.